The van der Waals surface area contributed by atoms with E-state index in [4.69, 9.17) is 23.2 Å². The maximum Gasteiger partial charge on any atom is 0.264 e. The minimum Gasteiger partial charge on any atom is -0.354 e. The molecule has 0 aliphatic heterocycles. The summed E-state index contributed by atoms with van der Waals surface area (Å²) in [6, 6.07) is 18.1. The molecule has 0 unspecified atom stereocenters. The summed E-state index contributed by atoms with van der Waals surface area (Å²) in [7, 11) is -4.07. The van der Waals surface area contributed by atoms with E-state index in [-0.39, 0.29) is 4.90 Å². The molecule has 0 spiro atoms. The number of rotatable bonds is 10. The summed E-state index contributed by atoms with van der Waals surface area (Å²) in [5.74, 6) is 0.270. The van der Waals surface area contributed by atoms with Crippen LogP contribution in [0.15, 0.2) is 77.7 Å². The number of thioether (sulfide) groups is 1. The average molecular weight is 527 g/mol. The van der Waals surface area contributed by atoms with Crippen LogP contribution in [-0.2, 0) is 20.6 Å². The first-order valence-corrected chi connectivity index (χ1v) is 13.2. The van der Waals surface area contributed by atoms with Crippen LogP contribution in [0.2, 0.25) is 10.0 Å². The van der Waals surface area contributed by atoms with Crippen LogP contribution < -0.4 is 9.62 Å². The molecule has 3 aromatic carbocycles. The van der Waals surface area contributed by atoms with Crippen LogP contribution in [0.5, 0.6) is 0 Å². The molecular formula is C23H21Cl2FN2O3S2. The van der Waals surface area contributed by atoms with Crippen molar-refractivity contribution in [2.75, 3.05) is 23.1 Å². The van der Waals surface area contributed by atoms with E-state index in [1.54, 1.807) is 54.2 Å². The highest BCUT2D eigenvalue weighted by Gasteiger charge is 2.27. The maximum absolute atomic E-state index is 13.3. The number of carbonyl (C=O) groups excluding carboxylic acids is 1. The van der Waals surface area contributed by atoms with Crippen molar-refractivity contribution in [1.29, 1.82) is 0 Å². The van der Waals surface area contributed by atoms with Gasteiger partial charge in [-0.15, -0.1) is 0 Å². The molecule has 0 bridgehead atoms. The summed E-state index contributed by atoms with van der Waals surface area (Å²) < 4.78 is 40.6. The van der Waals surface area contributed by atoms with Crippen LogP contribution in [0.25, 0.3) is 0 Å². The van der Waals surface area contributed by atoms with E-state index < -0.39 is 28.3 Å². The average Bonchev–Trinajstić information content (AvgIpc) is 2.79. The molecule has 174 valence electrons. The molecule has 0 heterocycles. The summed E-state index contributed by atoms with van der Waals surface area (Å²) in [6.07, 6.45) is 0. The Hall–Kier alpha value is -2.26. The molecule has 0 aliphatic rings. The third kappa shape index (κ3) is 7.11. The number of amides is 1. The Morgan fingerprint density at radius 2 is 1.70 bits per heavy atom. The number of anilines is 1. The van der Waals surface area contributed by atoms with Crippen molar-refractivity contribution >= 4 is 56.6 Å². The lowest BCUT2D eigenvalue weighted by Gasteiger charge is -2.24. The van der Waals surface area contributed by atoms with E-state index >= 15 is 0 Å². The Morgan fingerprint density at radius 1 is 1.00 bits per heavy atom. The van der Waals surface area contributed by atoms with E-state index in [2.05, 4.69) is 5.32 Å². The molecule has 3 rings (SSSR count). The number of carbonyl (C=O) groups is 1. The van der Waals surface area contributed by atoms with Crippen LogP contribution in [-0.4, -0.2) is 33.2 Å². The van der Waals surface area contributed by atoms with E-state index in [1.807, 2.05) is 6.07 Å². The highest BCUT2D eigenvalue weighted by Crippen LogP contribution is 2.25. The van der Waals surface area contributed by atoms with Crippen LogP contribution in [0, 0.1) is 5.82 Å². The lowest BCUT2D eigenvalue weighted by Crippen LogP contribution is -2.41. The number of hydrogen-bond donors (Lipinski definition) is 1. The summed E-state index contributed by atoms with van der Waals surface area (Å²) in [4.78, 5) is 12.5. The zero-order valence-electron chi connectivity index (χ0n) is 17.4. The van der Waals surface area contributed by atoms with Gasteiger partial charge in [0.05, 0.1) is 10.6 Å². The summed E-state index contributed by atoms with van der Waals surface area (Å²) >= 11 is 13.6. The first-order valence-electron chi connectivity index (χ1n) is 9.89. The van der Waals surface area contributed by atoms with Crippen LogP contribution in [0.4, 0.5) is 10.1 Å². The van der Waals surface area contributed by atoms with E-state index in [9.17, 15) is 17.6 Å². The molecule has 3 aromatic rings. The lowest BCUT2D eigenvalue weighted by atomic mass is 10.2. The minimum absolute atomic E-state index is 0.101. The first kappa shape index (κ1) is 25.4. The normalized spacial score (nSPS) is 11.2. The number of benzene rings is 3. The molecule has 0 radical (unpaired) electrons. The van der Waals surface area contributed by atoms with Gasteiger partial charge in [-0.3, -0.25) is 9.10 Å². The van der Waals surface area contributed by atoms with Gasteiger partial charge in [-0.2, -0.15) is 11.8 Å². The molecule has 5 nitrogen and oxygen atoms in total. The Bertz CT molecular complexity index is 1190. The topological polar surface area (TPSA) is 66.5 Å². The second-order valence-electron chi connectivity index (χ2n) is 6.94. The van der Waals surface area contributed by atoms with Gasteiger partial charge in [0.25, 0.3) is 10.0 Å². The molecule has 10 heteroatoms. The number of hydrogen-bond acceptors (Lipinski definition) is 4. The van der Waals surface area contributed by atoms with Crippen molar-refractivity contribution in [3.63, 3.8) is 0 Å². The highest BCUT2D eigenvalue weighted by atomic mass is 35.5. The largest absolute Gasteiger partial charge is 0.354 e. The van der Waals surface area contributed by atoms with Crippen molar-refractivity contribution in [3.8, 4) is 0 Å². The van der Waals surface area contributed by atoms with E-state index in [0.29, 0.717) is 33.8 Å². The monoisotopic (exact) mass is 526 g/mol. The predicted octanol–water partition coefficient (Wildman–Crippen LogP) is 5.38. The third-order valence-corrected chi connectivity index (χ3v) is 7.96. The molecule has 1 N–H and O–H groups in total. The van der Waals surface area contributed by atoms with Gasteiger partial charge in [0, 0.05) is 28.1 Å². The number of para-hydroxylation sites is 1. The molecule has 0 aliphatic carbocycles. The maximum atomic E-state index is 13.3. The van der Waals surface area contributed by atoms with Crippen molar-refractivity contribution in [3.05, 3.63) is 94.2 Å². The van der Waals surface area contributed by atoms with E-state index in [1.165, 1.54) is 12.1 Å². The van der Waals surface area contributed by atoms with Crippen LogP contribution in [0.1, 0.15) is 5.56 Å². The van der Waals surface area contributed by atoms with Gasteiger partial charge >= 0.3 is 0 Å². The number of halogens is 3. The van der Waals surface area contributed by atoms with Crippen LogP contribution >= 0.6 is 35.0 Å². The van der Waals surface area contributed by atoms with Crippen LogP contribution in [0.3, 0.4) is 0 Å². The quantitative estimate of drug-likeness (QED) is 0.360. The molecule has 0 saturated heterocycles. The second kappa shape index (κ2) is 11.7. The number of nitrogens with zero attached hydrogens (tertiary/aromatic N) is 1. The minimum atomic E-state index is -4.07. The molecule has 0 aromatic heterocycles. The fourth-order valence-electron chi connectivity index (χ4n) is 2.91. The lowest BCUT2D eigenvalue weighted by molar-refractivity contribution is -0.119. The standard InChI is InChI=1S/C23H21Cl2FN2O3S2/c24-18-7-6-17(22(25)14-18)16-32-13-12-27-23(29)15-28(20-4-2-1-3-5-20)33(30,31)21-10-8-19(26)9-11-21/h1-11,14H,12-13,15-16H2,(H,27,29). The van der Waals surface area contributed by atoms with E-state index in [0.717, 1.165) is 22.0 Å². The molecule has 33 heavy (non-hydrogen) atoms. The van der Waals surface area contributed by atoms with Gasteiger partial charge in [0.1, 0.15) is 12.4 Å². The summed E-state index contributed by atoms with van der Waals surface area (Å²) in [6.45, 7) is -0.0503. The fraction of sp³-hybridized carbons (Fsp3) is 0.174. The summed E-state index contributed by atoms with van der Waals surface area (Å²) in [5, 5.41) is 3.90. The Kier molecular flexibility index (Phi) is 9.02. The SMILES string of the molecule is O=C(CN(c1ccccc1)S(=O)(=O)c1ccc(F)cc1)NCCSCc1ccc(Cl)cc1Cl. The Labute approximate surface area is 206 Å². The molecule has 0 fully saturated rings. The van der Waals surface area contributed by atoms with Gasteiger partial charge in [-0.1, -0.05) is 47.5 Å². The van der Waals surface area contributed by atoms with Gasteiger partial charge in [-0.05, 0) is 54.1 Å². The third-order valence-electron chi connectivity index (χ3n) is 4.57. The molecule has 0 saturated carbocycles. The van der Waals surface area contributed by atoms with Crippen molar-refractivity contribution in [2.24, 2.45) is 0 Å². The van der Waals surface area contributed by atoms with Crippen molar-refractivity contribution in [1.82, 2.24) is 5.32 Å². The second-order valence-corrected chi connectivity index (χ2v) is 10.8. The predicted molar refractivity (Wildman–Crippen MR) is 133 cm³/mol. The van der Waals surface area contributed by atoms with Gasteiger partial charge in [-0.25, -0.2) is 12.8 Å². The fourth-order valence-corrected chi connectivity index (χ4v) is 5.75. The summed E-state index contributed by atoms with van der Waals surface area (Å²) in [5.41, 5.74) is 1.28. The van der Waals surface area contributed by atoms with Gasteiger partial charge in [0.15, 0.2) is 0 Å². The molecule has 1 amide bonds. The number of sulfonamides is 1. The number of nitrogens with one attached hydrogen (secondary N) is 1. The highest BCUT2D eigenvalue weighted by molar-refractivity contribution is 7.98. The molecular weight excluding hydrogens is 506 g/mol. The Morgan fingerprint density at radius 3 is 2.36 bits per heavy atom. The van der Waals surface area contributed by atoms with Crippen molar-refractivity contribution in [2.45, 2.75) is 10.6 Å². The van der Waals surface area contributed by atoms with Crippen molar-refractivity contribution < 1.29 is 17.6 Å². The zero-order valence-corrected chi connectivity index (χ0v) is 20.5. The molecule has 0 atom stereocenters. The zero-order chi connectivity index (χ0) is 23.8. The smallest absolute Gasteiger partial charge is 0.264 e. The Balaban J connectivity index is 1.60. The van der Waals surface area contributed by atoms with Gasteiger partial charge in [0.2, 0.25) is 5.91 Å². The first-order chi connectivity index (χ1) is 15.8. The van der Waals surface area contributed by atoms with Gasteiger partial charge < -0.3 is 5.32 Å².